The number of ether oxygens (including phenoxy) is 4. The number of aromatic hydroxyl groups is 3. The highest BCUT2D eigenvalue weighted by Gasteiger charge is 2.50. The number of hydrogen-bond acceptors (Lipinski definition) is 16. The maximum Gasteiger partial charge on any atom is 0.239 e. The van der Waals surface area contributed by atoms with E-state index >= 15 is 0 Å². The molecule has 3 heterocycles. The largest absolute Gasteiger partial charge is 0.508 e. The lowest BCUT2D eigenvalue weighted by atomic mass is 9.99. The van der Waals surface area contributed by atoms with Gasteiger partial charge in [0.25, 0.3) is 0 Å². The summed E-state index contributed by atoms with van der Waals surface area (Å²) in [6, 6.07) is 7.15. The number of aliphatic hydroxyl groups excluding tert-OH is 7. The van der Waals surface area contributed by atoms with E-state index in [0.717, 1.165) is 12.1 Å². The van der Waals surface area contributed by atoms with Crippen molar-refractivity contribution in [3.63, 3.8) is 0 Å². The van der Waals surface area contributed by atoms with Gasteiger partial charge in [-0.3, -0.25) is 4.79 Å². The number of fused-ring (bicyclic) bond motifs is 1. The minimum absolute atomic E-state index is 0.129. The normalized spacial score (nSPS) is 33.5. The highest BCUT2D eigenvalue weighted by molar-refractivity contribution is 5.88. The van der Waals surface area contributed by atoms with Crippen LogP contribution in [0.4, 0.5) is 0 Å². The number of rotatable bonds is 6. The van der Waals surface area contributed by atoms with Gasteiger partial charge in [-0.25, -0.2) is 0 Å². The first-order valence-electron chi connectivity index (χ1n) is 12.6. The summed E-state index contributed by atoms with van der Waals surface area (Å²) in [5.74, 6) is -2.19. The molecule has 0 aliphatic carbocycles. The Labute approximate surface area is 235 Å². The molecule has 10 N–H and O–H groups in total. The highest BCUT2D eigenvalue weighted by atomic mass is 16.8. The summed E-state index contributed by atoms with van der Waals surface area (Å²) in [4.78, 5) is 13.5. The molecule has 16 nitrogen and oxygen atoms in total. The van der Waals surface area contributed by atoms with Gasteiger partial charge in [-0.1, -0.05) is 0 Å². The second-order valence-corrected chi connectivity index (χ2v) is 9.77. The first-order chi connectivity index (χ1) is 19.9. The third kappa shape index (κ3) is 5.36. The fourth-order valence-electron chi connectivity index (χ4n) is 4.63. The second kappa shape index (κ2) is 11.6. The zero-order valence-electron chi connectivity index (χ0n) is 21.4. The summed E-state index contributed by atoms with van der Waals surface area (Å²) in [5.41, 5.74) is -1.10. The molecule has 42 heavy (non-hydrogen) atoms. The molecule has 10 atom stereocenters. The lowest BCUT2D eigenvalue weighted by molar-refractivity contribution is -0.390. The van der Waals surface area contributed by atoms with Crippen molar-refractivity contribution in [1.29, 1.82) is 0 Å². The van der Waals surface area contributed by atoms with Crippen molar-refractivity contribution >= 4 is 11.0 Å². The van der Waals surface area contributed by atoms with Gasteiger partial charge in [-0.2, -0.15) is 0 Å². The van der Waals surface area contributed by atoms with E-state index in [1.165, 1.54) is 24.3 Å². The minimum Gasteiger partial charge on any atom is -0.508 e. The average Bonchev–Trinajstić information content (AvgIpc) is 2.95. The van der Waals surface area contributed by atoms with Crippen molar-refractivity contribution in [2.45, 2.75) is 61.6 Å². The molecule has 228 valence electrons. The van der Waals surface area contributed by atoms with Crippen LogP contribution in [0, 0.1) is 0 Å². The van der Waals surface area contributed by atoms with E-state index in [0.29, 0.717) is 0 Å². The van der Waals surface area contributed by atoms with Crippen molar-refractivity contribution < 1.29 is 74.4 Å². The van der Waals surface area contributed by atoms with Crippen LogP contribution >= 0.6 is 0 Å². The molecule has 2 fully saturated rings. The van der Waals surface area contributed by atoms with Crippen LogP contribution in [0.15, 0.2) is 45.6 Å². The van der Waals surface area contributed by atoms with Crippen LogP contribution in [0.3, 0.4) is 0 Å². The highest BCUT2D eigenvalue weighted by Crippen LogP contribution is 2.38. The molecule has 2 aliphatic rings. The van der Waals surface area contributed by atoms with Crippen LogP contribution in [0.25, 0.3) is 22.3 Å². The van der Waals surface area contributed by atoms with Gasteiger partial charge < -0.3 is 74.4 Å². The summed E-state index contributed by atoms with van der Waals surface area (Å²) in [7, 11) is 0. The molecule has 0 radical (unpaired) electrons. The minimum atomic E-state index is -2.03. The van der Waals surface area contributed by atoms with Crippen molar-refractivity contribution in [3.05, 3.63) is 46.6 Å². The van der Waals surface area contributed by atoms with E-state index in [-0.39, 0.29) is 22.7 Å². The Morgan fingerprint density at radius 1 is 0.714 bits per heavy atom. The van der Waals surface area contributed by atoms with Crippen molar-refractivity contribution in [3.8, 4) is 34.3 Å². The summed E-state index contributed by atoms with van der Waals surface area (Å²) < 4.78 is 27.5. The summed E-state index contributed by atoms with van der Waals surface area (Å²) in [5, 5.41) is 101. The van der Waals surface area contributed by atoms with Gasteiger partial charge in [0.2, 0.25) is 17.5 Å². The molecule has 2 saturated heterocycles. The lowest BCUT2D eigenvalue weighted by Gasteiger charge is -2.44. The van der Waals surface area contributed by atoms with E-state index in [1.807, 2.05) is 0 Å². The molecular formula is C26H28O16. The molecule has 0 spiro atoms. The zero-order valence-corrected chi connectivity index (χ0v) is 21.4. The Morgan fingerprint density at radius 3 is 1.95 bits per heavy atom. The molecule has 0 bridgehead atoms. The number of phenols is 3. The summed E-state index contributed by atoms with van der Waals surface area (Å²) >= 11 is 0. The van der Waals surface area contributed by atoms with Crippen LogP contribution in [0.2, 0.25) is 0 Å². The van der Waals surface area contributed by atoms with Gasteiger partial charge in [-0.15, -0.1) is 0 Å². The Balaban J connectivity index is 1.51. The predicted octanol–water partition coefficient (Wildman–Crippen LogP) is -2.46. The quantitative estimate of drug-likeness (QED) is 0.141. The molecule has 3 aromatic rings. The predicted molar refractivity (Wildman–Crippen MR) is 135 cm³/mol. The fourth-order valence-corrected chi connectivity index (χ4v) is 4.63. The van der Waals surface area contributed by atoms with E-state index in [2.05, 4.69) is 0 Å². The smallest absolute Gasteiger partial charge is 0.239 e. The number of aliphatic hydroxyl groups is 7. The van der Waals surface area contributed by atoms with Crippen LogP contribution in [-0.4, -0.2) is 119 Å². The molecule has 5 rings (SSSR count). The molecule has 2 aliphatic heterocycles. The van der Waals surface area contributed by atoms with E-state index < -0.39 is 96.3 Å². The molecule has 0 saturated carbocycles. The molecular weight excluding hydrogens is 568 g/mol. The summed E-state index contributed by atoms with van der Waals surface area (Å²) in [6.07, 6.45) is -18.6. The molecule has 1 unspecified atom stereocenters. The maximum absolute atomic E-state index is 13.5. The van der Waals surface area contributed by atoms with Gasteiger partial charge in [0.15, 0.2) is 18.3 Å². The third-order valence-electron chi connectivity index (χ3n) is 6.92. The molecule has 2 aromatic carbocycles. The van der Waals surface area contributed by atoms with Crippen LogP contribution in [0.5, 0.6) is 23.0 Å². The van der Waals surface area contributed by atoms with Gasteiger partial charge in [-0.05, 0) is 24.3 Å². The van der Waals surface area contributed by atoms with Gasteiger partial charge in [0, 0.05) is 17.7 Å². The van der Waals surface area contributed by atoms with Crippen molar-refractivity contribution in [1.82, 2.24) is 0 Å². The lowest BCUT2D eigenvalue weighted by Crippen LogP contribution is -2.64. The number of phenolic OH excluding ortho intramolecular Hbond substituents is 3. The number of benzene rings is 2. The van der Waals surface area contributed by atoms with Gasteiger partial charge >= 0.3 is 0 Å². The SMILES string of the molecule is O=c1c(O[C@@H]2O[C@@H](OC3O[C@H](CO)[C@@H](O)[C@H](O)[C@H]3O)[C@H](O)[C@@H](O)[C@H]2O)c(-c2ccc(O)cc2)oc2cc(O)cc(O)c12. The topological polar surface area (TPSA) is 269 Å². The van der Waals surface area contributed by atoms with Crippen molar-refractivity contribution in [2.75, 3.05) is 6.61 Å². The first kappa shape index (κ1) is 29.9. The summed E-state index contributed by atoms with van der Waals surface area (Å²) in [6.45, 7) is -0.783. The Morgan fingerprint density at radius 2 is 1.31 bits per heavy atom. The first-order valence-corrected chi connectivity index (χ1v) is 12.6. The monoisotopic (exact) mass is 596 g/mol. The molecule has 1 aromatic heterocycles. The van der Waals surface area contributed by atoms with E-state index in [9.17, 15) is 55.9 Å². The van der Waals surface area contributed by atoms with E-state index in [1.54, 1.807) is 0 Å². The molecule has 16 heteroatoms. The van der Waals surface area contributed by atoms with Gasteiger partial charge in [0.1, 0.15) is 70.9 Å². The van der Waals surface area contributed by atoms with Gasteiger partial charge in [0.05, 0.1) is 6.61 Å². The van der Waals surface area contributed by atoms with E-state index in [4.69, 9.17) is 23.4 Å². The van der Waals surface area contributed by atoms with Crippen LogP contribution in [-0.2, 0) is 14.2 Å². The number of hydrogen-bond donors (Lipinski definition) is 10. The van der Waals surface area contributed by atoms with Crippen LogP contribution < -0.4 is 10.2 Å². The van der Waals surface area contributed by atoms with Crippen molar-refractivity contribution in [2.24, 2.45) is 0 Å². The Kier molecular flexibility index (Phi) is 8.28. The fraction of sp³-hybridized carbons (Fsp3) is 0.423. The standard InChI is InChI=1S/C26H28O16/c27-7-13-15(31)17(33)19(35)24(39-13)41-26-21(37)18(34)20(36)25(42-26)40-23-16(32)14-11(30)5-10(29)6-12(14)38-22(23)8-1-3-9(28)4-2-8/h1-6,13,15,17-21,24-31,33-37H,7H2/t13-,15-,17+,18+,19-,20-,21-,24?,25-,26-/m1/s1. The zero-order chi connectivity index (χ0) is 30.5. The third-order valence-corrected chi connectivity index (χ3v) is 6.92. The van der Waals surface area contributed by atoms with Crippen LogP contribution in [0.1, 0.15) is 0 Å². The average molecular weight is 596 g/mol. The second-order valence-electron chi connectivity index (χ2n) is 9.77. The molecule has 0 amide bonds. The Bertz CT molecular complexity index is 1470. The Hall–Kier alpha value is -3.55. The maximum atomic E-state index is 13.5.